The predicted octanol–water partition coefficient (Wildman–Crippen LogP) is 3.19. The minimum atomic E-state index is -0.450. The summed E-state index contributed by atoms with van der Waals surface area (Å²) in [6.07, 6.45) is 5.67. The van der Waals surface area contributed by atoms with Gasteiger partial charge < -0.3 is 10.0 Å². The number of benzene rings is 1. The van der Waals surface area contributed by atoms with E-state index in [-0.39, 0.29) is 11.3 Å². The molecule has 4 rings (SSSR count). The number of rotatable bonds is 3. The van der Waals surface area contributed by atoms with Gasteiger partial charge in [-0.25, -0.2) is 0 Å². The lowest BCUT2D eigenvalue weighted by molar-refractivity contribution is -0.0337. The molecule has 2 fully saturated rings. The fraction of sp³-hybridized carbons (Fsp3) is 0.500. The van der Waals surface area contributed by atoms with Gasteiger partial charge in [-0.3, -0.25) is 14.7 Å². The van der Waals surface area contributed by atoms with Crippen molar-refractivity contribution in [2.24, 2.45) is 5.41 Å². The topological polar surface area (TPSA) is 56.7 Å². The van der Waals surface area contributed by atoms with E-state index in [0.29, 0.717) is 12.1 Å². The van der Waals surface area contributed by atoms with Crippen LogP contribution in [0.1, 0.15) is 46.3 Å². The number of carbonyl (C=O) groups excluding carboxylic acids is 1. The second kappa shape index (κ2) is 8.25. The average Bonchev–Trinajstić information content (AvgIpc) is 2.72. The zero-order valence-electron chi connectivity index (χ0n) is 17.5. The van der Waals surface area contributed by atoms with Crippen LogP contribution in [-0.2, 0) is 6.54 Å². The Hall–Kier alpha value is -2.24. The van der Waals surface area contributed by atoms with Gasteiger partial charge in [-0.1, -0.05) is 18.2 Å². The largest absolute Gasteiger partial charge is 0.391 e. The van der Waals surface area contributed by atoms with Crippen LogP contribution in [0.5, 0.6) is 0 Å². The highest BCUT2D eigenvalue weighted by Crippen LogP contribution is 2.40. The van der Waals surface area contributed by atoms with Crippen molar-refractivity contribution in [1.82, 2.24) is 14.8 Å². The Morgan fingerprint density at radius 1 is 1.17 bits per heavy atom. The van der Waals surface area contributed by atoms with Crippen molar-refractivity contribution in [2.45, 2.75) is 45.8 Å². The molecule has 2 saturated heterocycles. The van der Waals surface area contributed by atoms with Gasteiger partial charge in [-0.05, 0) is 80.4 Å². The van der Waals surface area contributed by atoms with Gasteiger partial charge in [0.1, 0.15) is 0 Å². The Bertz CT molecular complexity index is 839. The second-order valence-electron chi connectivity index (χ2n) is 8.93. The summed E-state index contributed by atoms with van der Waals surface area (Å²) in [5.41, 5.74) is 4.76. The maximum atomic E-state index is 12.9. The lowest BCUT2D eigenvalue weighted by atomic mass is 9.71. The summed E-state index contributed by atoms with van der Waals surface area (Å²) in [6, 6.07) is 10.1. The molecule has 5 nitrogen and oxygen atoms in total. The molecule has 1 amide bonds. The number of aromatic nitrogens is 1. The number of pyridine rings is 1. The fourth-order valence-electron chi connectivity index (χ4n) is 5.05. The van der Waals surface area contributed by atoms with Crippen LogP contribution in [0, 0.1) is 19.3 Å². The Kier molecular flexibility index (Phi) is 5.70. The van der Waals surface area contributed by atoms with E-state index >= 15 is 0 Å². The van der Waals surface area contributed by atoms with Crippen molar-refractivity contribution in [3.05, 3.63) is 65.0 Å². The molecular formula is C24H31N3O2. The summed E-state index contributed by atoms with van der Waals surface area (Å²) in [4.78, 5) is 21.3. The van der Waals surface area contributed by atoms with Gasteiger partial charge in [0.05, 0.1) is 11.7 Å². The smallest absolute Gasteiger partial charge is 0.255 e. The van der Waals surface area contributed by atoms with Gasteiger partial charge in [-0.2, -0.15) is 0 Å². The molecule has 0 saturated carbocycles. The van der Waals surface area contributed by atoms with Crippen molar-refractivity contribution in [3.8, 4) is 0 Å². The van der Waals surface area contributed by atoms with E-state index in [9.17, 15) is 9.90 Å². The molecule has 0 aliphatic carbocycles. The minimum Gasteiger partial charge on any atom is -0.391 e. The minimum absolute atomic E-state index is 0.0193. The van der Waals surface area contributed by atoms with E-state index in [1.807, 2.05) is 4.90 Å². The molecule has 1 unspecified atom stereocenters. The first-order valence-corrected chi connectivity index (χ1v) is 10.6. The molecule has 3 heterocycles. The molecule has 1 aromatic carbocycles. The van der Waals surface area contributed by atoms with Crippen molar-refractivity contribution in [1.29, 1.82) is 0 Å². The lowest BCUT2D eigenvalue weighted by Gasteiger charge is -2.49. The van der Waals surface area contributed by atoms with Gasteiger partial charge in [0.25, 0.3) is 5.91 Å². The standard InChI is InChI=1S/C24H31N3O2/c1-18-5-3-6-19(2)22(18)16-26-11-8-24(9-12-26)13-21(28)15-27(17-24)23(29)20-7-4-10-25-14-20/h3-7,10,14,21,28H,8-9,11-13,15-17H2,1-2H3. The summed E-state index contributed by atoms with van der Waals surface area (Å²) < 4.78 is 0. The molecule has 1 N–H and O–H groups in total. The molecule has 0 bridgehead atoms. The number of β-amino-alcohol motifs (C(OH)–C–C–N with tert-alkyl or cyclic N) is 1. The number of hydrogen-bond acceptors (Lipinski definition) is 4. The normalized spacial score (nSPS) is 22.0. The van der Waals surface area contributed by atoms with Crippen molar-refractivity contribution in [3.63, 3.8) is 0 Å². The molecule has 1 aromatic heterocycles. The quantitative estimate of drug-likeness (QED) is 0.870. The van der Waals surface area contributed by atoms with Crippen molar-refractivity contribution < 1.29 is 9.90 Å². The third kappa shape index (κ3) is 4.36. The van der Waals surface area contributed by atoms with Gasteiger partial charge >= 0.3 is 0 Å². The molecule has 2 aliphatic heterocycles. The number of aryl methyl sites for hydroxylation is 2. The molecule has 2 aliphatic rings. The van der Waals surface area contributed by atoms with Crippen LogP contribution < -0.4 is 0 Å². The number of aliphatic hydroxyl groups excluding tert-OH is 1. The molecule has 0 radical (unpaired) electrons. The van der Waals surface area contributed by atoms with E-state index in [4.69, 9.17) is 0 Å². The zero-order chi connectivity index (χ0) is 20.4. The van der Waals surface area contributed by atoms with Crippen LogP contribution in [0.3, 0.4) is 0 Å². The summed E-state index contributed by atoms with van der Waals surface area (Å²) in [6.45, 7) is 8.53. The number of likely N-dealkylation sites (tertiary alicyclic amines) is 2. The summed E-state index contributed by atoms with van der Waals surface area (Å²) in [5.74, 6) is -0.0193. The average molecular weight is 394 g/mol. The number of nitrogens with zero attached hydrogens (tertiary/aromatic N) is 3. The first-order valence-electron chi connectivity index (χ1n) is 10.6. The van der Waals surface area contributed by atoms with Gasteiger partial charge in [0.15, 0.2) is 0 Å². The third-order valence-corrected chi connectivity index (χ3v) is 6.76. The number of hydrogen-bond donors (Lipinski definition) is 1. The van der Waals surface area contributed by atoms with Gasteiger partial charge in [-0.15, -0.1) is 0 Å². The maximum Gasteiger partial charge on any atom is 0.255 e. The van der Waals surface area contributed by atoms with Gasteiger partial charge in [0.2, 0.25) is 0 Å². The number of carbonyl (C=O) groups is 1. The lowest BCUT2D eigenvalue weighted by Crippen LogP contribution is -2.55. The second-order valence-corrected chi connectivity index (χ2v) is 8.93. The first kappa shape index (κ1) is 20.0. The summed E-state index contributed by atoms with van der Waals surface area (Å²) >= 11 is 0. The molecular weight excluding hydrogens is 362 g/mol. The Morgan fingerprint density at radius 3 is 2.55 bits per heavy atom. The maximum absolute atomic E-state index is 12.9. The molecule has 2 aromatic rings. The van der Waals surface area contributed by atoms with Crippen molar-refractivity contribution >= 4 is 5.91 Å². The van der Waals surface area contributed by atoms with Crippen LogP contribution in [0.15, 0.2) is 42.7 Å². The van der Waals surface area contributed by atoms with Crippen LogP contribution in [0.4, 0.5) is 0 Å². The predicted molar refractivity (Wildman–Crippen MR) is 114 cm³/mol. The fourth-order valence-corrected chi connectivity index (χ4v) is 5.05. The molecule has 154 valence electrons. The highest BCUT2D eigenvalue weighted by Gasteiger charge is 2.43. The third-order valence-electron chi connectivity index (χ3n) is 6.76. The number of aliphatic hydroxyl groups is 1. The Labute approximate surface area is 173 Å². The Balaban J connectivity index is 1.42. The zero-order valence-corrected chi connectivity index (χ0v) is 17.5. The molecule has 5 heteroatoms. The Morgan fingerprint density at radius 2 is 1.90 bits per heavy atom. The number of piperidine rings is 2. The van der Waals surface area contributed by atoms with E-state index in [1.54, 1.807) is 24.5 Å². The van der Waals surface area contributed by atoms with Crippen LogP contribution in [0.2, 0.25) is 0 Å². The van der Waals surface area contributed by atoms with Crippen LogP contribution in [0.25, 0.3) is 0 Å². The SMILES string of the molecule is Cc1cccc(C)c1CN1CCC2(CC1)CC(O)CN(C(=O)c1cccnc1)C2. The van der Waals surface area contributed by atoms with Crippen molar-refractivity contribution in [2.75, 3.05) is 26.2 Å². The molecule has 1 atom stereocenters. The van der Waals surface area contributed by atoms with Gasteiger partial charge in [0, 0.05) is 32.0 Å². The summed E-state index contributed by atoms with van der Waals surface area (Å²) in [5, 5.41) is 10.5. The summed E-state index contributed by atoms with van der Waals surface area (Å²) in [7, 11) is 0. The van der Waals surface area contributed by atoms with E-state index in [0.717, 1.165) is 45.4 Å². The van der Waals surface area contributed by atoms with E-state index in [1.165, 1.54) is 16.7 Å². The van der Waals surface area contributed by atoms with Crippen LogP contribution in [-0.4, -0.2) is 58.1 Å². The molecule has 29 heavy (non-hydrogen) atoms. The highest BCUT2D eigenvalue weighted by atomic mass is 16.3. The highest BCUT2D eigenvalue weighted by molar-refractivity contribution is 5.94. The monoisotopic (exact) mass is 393 g/mol. The van der Waals surface area contributed by atoms with E-state index in [2.05, 4.69) is 41.9 Å². The molecule has 1 spiro atoms. The number of amides is 1. The van der Waals surface area contributed by atoms with E-state index < -0.39 is 6.10 Å². The van der Waals surface area contributed by atoms with Crippen LogP contribution >= 0.6 is 0 Å². The first-order chi connectivity index (χ1) is 14.0.